The first-order valence-electron chi connectivity index (χ1n) is 15.5. The van der Waals surface area contributed by atoms with Crippen LogP contribution in [0, 0.1) is 41.4 Å². The number of rotatable bonds is 7. The Labute approximate surface area is 246 Å². The van der Waals surface area contributed by atoms with Crippen molar-refractivity contribution in [3.63, 3.8) is 0 Å². The Morgan fingerprint density at radius 3 is 2.34 bits per heavy atom. The Balaban J connectivity index is 1.42. The molecule has 3 aliphatic carbocycles. The number of aryl methyl sites for hydroxylation is 1. The van der Waals surface area contributed by atoms with Crippen molar-refractivity contribution >= 4 is 6.08 Å². The molecule has 2 fully saturated rings. The van der Waals surface area contributed by atoms with Crippen LogP contribution in [0.2, 0.25) is 0 Å². The second-order valence-corrected chi connectivity index (χ2v) is 12.2. The van der Waals surface area contributed by atoms with Gasteiger partial charge in [-0.3, -0.25) is 4.98 Å². The average Bonchev–Trinajstić information content (AvgIpc) is 3.21. The van der Waals surface area contributed by atoms with Gasteiger partial charge in [0.25, 0.3) is 0 Å². The van der Waals surface area contributed by atoms with Gasteiger partial charge in [0.15, 0.2) is 0 Å². The topological polar surface area (TPSA) is 60.5 Å². The highest BCUT2D eigenvalue weighted by Gasteiger charge is 2.19. The Kier molecular flexibility index (Phi) is 9.51. The van der Waals surface area contributed by atoms with Crippen LogP contribution in [0.15, 0.2) is 76.7 Å². The molecule has 0 bridgehead atoms. The maximum absolute atomic E-state index is 10.0. The van der Waals surface area contributed by atoms with Crippen LogP contribution >= 0.6 is 0 Å². The molecule has 3 nitrogen and oxygen atoms in total. The zero-order valence-corrected chi connectivity index (χ0v) is 24.7. The van der Waals surface area contributed by atoms with Gasteiger partial charge in [-0.25, -0.2) is 0 Å². The number of aromatic nitrogens is 1. The average molecular weight is 540 g/mol. The maximum atomic E-state index is 10.0. The van der Waals surface area contributed by atoms with Gasteiger partial charge in [0.05, 0.1) is 17.2 Å². The largest absolute Gasteiger partial charge is 0.261 e. The minimum atomic E-state index is 0.655. The minimum absolute atomic E-state index is 0.655. The molecule has 0 atom stereocenters. The predicted octanol–water partition coefficient (Wildman–Crippen LogP) is 9.90. The highest BCUT2D eigenvalue weighted by atomic mass is 14.7. The molecule has 1 heterocycles. The summed E-state index contributed by atoms with van der Waals surface area (Å²) >= 11 is 0. The van der Waals surface area contributed by atoms with E-state index in [1.807, 2.05) is 31.3 Å². The molecule has 5 rings (SSSR count). The summed E-state index contributed by atoms with van der Waals surface area (Å²) in [6.45, 7) is 4.13. The molecule has 0 radical (unpaired) electrons. The molecular weight excluding hydrogens is 498 g/mol. The summed E-state index contributed by atoms with van der Waals surface area (Å²) < 4.78 is 0. The van der Waals surface area contributed by atoms with Crippen LogP contribution in [0.1, 0.15) is 99.9 Å². The SMILES string of the molecule is C/C(=C\c1c(-c2ccc(CC3CCCCC3)c(C#N)c2)ccnc1C)C1=CC=C=C(CC2CCCCC2)C(C#N)=C1. The van der Waals surface area contributed by atoms with Crippen LogP contribution in [0.5, 0.6) is 0 Å². The molecule has 41 heavy (non-hydrogen) atoms. The van der Waals surface area contributed by atoms with Gasteiger partial charge in [0.2, 0.25) is 0 Å². The molecule has 0 saturated heterocycles. The van der Waals surface area contributed by atoms with Crippen LogP contribution in [-0.4, -0.2) is 4.98 Å². The molecule has 0 spiro atoms. The standard InChI is InChI=1S/C38H41N3/c1-27(31-14-9-15-32(35(23-31)25-39)21-29-10-5-3-6-11-29)20-38-28(2)41-19-18-37(38)34-17-16-33(36(24-34)26-40)22-30-12-7-4-8-13-30/h9,14,16-20,23-24,29-30H,3-8,10-13,21-22H2,1-2H3/b27-20+. The van der Waals surface area contributed by atoms with E-state index in [-0.39, 0.29) is 0 Å². The summed E-state index contributed by atoms with van der Waals surface area (Å²) in [7, 11) is 0. The van der Waals surface area contributed by atoms with Crippen molar-refractivity contribution in [2.45, 2.75) is 90.9 Å². The normalized spacial score (nSPS) is 18.5. The van der Waals surface area contributed by atoms with Gasteiger partial charge in [-0.1, -0.05) is 76.3 Å². The molecule has 0 aliphatic heterocycles. The Bertz CT molecular complexity index is 1520. The molecular formula is C38H41N3. The first-order valence-corrected chi connectivity index (χ1v) is 15.5. The van der Waals surface area contributed by atoms with Gasteiger partial charge in [-0.05, 0) is 103 Å². The van der Waals surface area contributed by atoms with Gasteiger partial charge in [-0.15, -0.1) is 5.73 Å². The summed E-state index contributed by atoms with van der Waals surface area (Å²) in [6.07, 6.45) is 25.0. The van der Waals surface area contributed by atoms with Gasteiger partial charge in [0.1, 0.15) is 6.07 Å². The van der Waals surface area contributed by atoms with E-state index < -0.39 is 0 Å². The van der Waals surface area contributed by atoms with E-state index >= 15 is 0 Å². The number of hydrogen-bond acceptors (Lipinski definition) is 3. The Morgan fingerprint density at radius 2 is 1.66 bits per heavy atom. The van der Waals surface area contributed by atoms with E-state index in [9.17, 15) is 10.5 Å². The summed E-state index contributed by atoms with van der Waals surface area (Å²) in [5, 5.41) is 20.1. The molecule has 3 heteroatoms. The van der Waals surface area contributed by atoms with Gasteiger partial charge in [-0.2, -0.15) is 10.5 Å². The van der Waals surface area contributed by atoms with E-state index in [0.29, 0.717) is 11.8 Å². The summed E-state index contributed by atoms with van der Waals surface area (Å²) in [5.41, 5.74) is 13.3. The number of nitriles is 2. The van der Waals surface area contributed by atoms with Crippen LogP contribution in [-0.2, 0) is 6.42 Å². The van der Waals surface area contributed by atoms with Crippen molar-refractivity contribution in [2.75, 3.05) is 0 Å². The van der Waals surface area contributed by atoms with Crippen molar-refractivity contribution in [2.24, 2.45) is 11.8 Å². The smallest absolute Gasteiger partial charge is 0.100 e. The number of benzene rings is 1. The van der Waals surface area contributed by atoms with Gasteiger partial charge >= 0.3 is 0 Å². The second kappa shape index (κ2) is 13.6. The fourth-order valence-corrected chi connectivity index (χ4v) is 6.83. The number of pyridine rings is 1. The van der Waals surface area contributed by atoms with Gasteiger partial charge in [0, 0.05) is 23.0 Å². The van der Waals surface area contributed by atoms with Gasteiger partial charge < -0.3 is 0 Å². The molecule has 1 aromatic carbocycles. The molecule has 2 saturated carbocycles. The van der Waals surface area contributed by atoms with Crippen LogP contribution in [0.25, 0.3) is 17.2 Å². The zero-order valence-electron chi connectivity index (χ0n) is 24.7. The quantitative estimate of drug-likeness (QED) is 0.329. The summed E-state index contributed by atoms with van der Waals surface area (Å²) in [4.78, 5) is 4.61. The Hall–Kier alpha value is -3.91. The lowest BCUT2D eigenvalue weighted by Gasteiger charge is -2.22. The van der Waals surface area contributed by atoms with Crippen molar-refractivity contribution in [3.8, 4) is 23.3 Å². The third kappa shape index (κ3) is 7.06. The van der Waals surface area contributed by atoms with Crippen molar-refractivity contribution in [3.05, 3.63) is 99.1 Å². The molecule has 208 valence electrons. The fourth-order valence-electron chi connectivity index (χ4n) is 6.83. The zero-order chi connectivity index (χ0) is 28.6. The Morgan fingerprint density at radius 1 is 0.951 bits per heavy atom. The lowest BCUT2D eigenvalue weighted by molar-refractivity contribution is 0.356. The van der Waals surface area contributed by atoms with Crippen molar-refractivity contribution in [1.82, 2.24) is 4.98 Å². The van der Waals surface area contributed by atoms with E-state index in [0.717, 1.165) is 63.1 Å². The monoisotopic (exact) mass is 539 g/mol. The highest BCUT2D eigenvalue weighted by molar-refractivity contribution is 5.79. The molecule has 2 aromatic rings. The first kappa shape index (κ1) is 28.6. The molecule has 0 N–H and O–H groups in total. The third-order valence-electron chi connectivity index (χ3n) is 9.26. The fraction of sp³-hybridized carbons (Fsp3) is 0.421. The third-order valence-corrected chi connectivity index (χ3v) is 9.26. The number of hydrogen-bond donors (Lipinski definition) is 0. The summed E-state index contributed by atoms with van der Waals surface area (Å²) in [5.74, 6) is 1.35. The first-order chi connectivity index (χ1) is 20.1. The number of nitrogens with zero attached hydrogens (tertiary/aromatic N) is 3. The minimum Gasteiger partial charge on any atom is -0.261 e. The summed E-state index contributed by atoms with van der Waals surface area (Å²) in [6, 6.07) is 13.4. The van der Waals surface area contributed by atoms with E-state index in [1.54, 1.807) is 0 Å². The van der Waals surface area contributed by atoms with E-state index in [1.165, 1.54) is 69.8 Å². The van der Waals surface area contributed by atoms with Crippen molar-refractivity contribution in [1.29, 1.82) is 10.5 Å². The van der Waals surface area contributed by atoms with Crippen LogP contribution in [0.4, 0.5) is 0 Å². The van der Waals surface area contributed by atoms with Crippen LogP contribution in [0.3, 0.4) is 0 Å². The number of allylic oxidation sites excluding steroid dienone is 6. The van der Waals surface area contributed by atoms with E-state index in [2.05, 4.69) is 60.1 Å². The molecule has 3 aliphatic rings. The molecule has 0 unspecified atom stereocenters. The maximum Gasteiger partial charge on any atom is 0.100 e. The molecule has 0 amide bonds. The van der Waals surface area contributed by atoms with Crippen LogP contribution < -0.4 is 0 Å². The predicted molar refractivity (Wildman–Crippen MR) is 168 cm³/mol. The second-order valence-electron chi connectivity index (χ2n) is 12.2. The highest BCUT2D eigenvalue weighted by Crippen LogP contribution is 2.34. The lowest BCUT2D eigenvalue weighted by atomic mass is 9.83. The van der Waals surface area contributed by atoms with Crippen molar-refractivity contribution < 1.29 is 0 Å². The lowest BCUT2D eigenvalue weighted by Crippen LogP contribution is -2.10. The molecule has 1 aromatic heterocycles. The van der Waals surface area contributed by atoms with E-state index in [4.69, 9.17) is 0 Å².